The molecule has 0 radical (unpaired) electrons. The van der Waals surface area contributed by atoms with Gasteiger partial charge in [0.15, 0.2) is 9.84 Å². The molecule has 0 bridgehead atoms. The lowest BCUT2D eigenvalue weighted by Gasteiger charge is -2.33. The van der Waals surface area contributed by atoms with E-state index in [0.29, 0.717) is 25.5 Å². The zero-order valence-electron chi connectivity index (χ0n) is 21.4. The van der Waals surface area contributed by atoms with Crippen LogP contribution in [0.1, 0.15) is 52.4 Å². The van der Waals surface area contributed by atoms with Crippen molar-refractivity contribution in [1.29, 1.82) is 0 Å². The first-order valence-corrected chi connectivity index (χ1v) is 14.2. The van der Waals surface area contributed by atoms with Crippen LogP contribution in [-0.4, -0.2) is 55.3 Å². The smallest absolute Gasteiger partial charge is 0.416 e. The van der Waals surface area contributed by atoms with Crippen LogP contribution < -0.4 is 16.4 Å². The third-order valence-electron chi connectivity index (χ3n) is 6.54. The molecule has 2 amide bonds. The van der Waals surface area contributed by atoms with Gasteiger partial charge in [-0.05, 0) is 49.6 Å². The number of amides is 2. The molecule has 0 unspecified atom stereocenters. The number of sulfone groups is 1. The number of nitrogen functional groups attached to an aromatic ring is 1. The Balaban J connectivity index is 1.91. The van der Waals surface area contributed by atoms with Gasteiger partial charge in [-0.3, -0.25) is 9.69 Å². The molecular formula is C25H30ClF3N4O5S. The van der Waals surface area contributed by atoms with Crippen LogP contribution in [0.15, 0.2) is 29.2 Å². The number of carbonyl (C=O) groups is 2. The number of nitrogens with one attached hydrogen (secondary N) is 2. The summed E-state index contributed by atoms with van der Waals surface area (Å²) in [5.74, 6) is -1.11. The lowest BCUT2D eigenvalue weighted by Crippen LogP contribution is -2.47. The van der Waals surface area contributed by atoms with Gasteiger partial charge in [-0.15, -0.1) is 0 Å². The fourth-order valence-electron chi connectivity index (χ4n) is 4.59. The molecule has 1 heterocycles. The molecule has 39 heavy (non-hydrogen) atoms. The quantitative estimate of drug-likeness (QED) is 0.338. The summed E-state index contributed by atoms with van der Waals surface area (Å²) < 4.78 is 67.3. The van der Waals surface area contributed by atoms with Crippen LogP contribution in [0.2, 0.25) is 5.02 Å². The van der Waals surface area contributed by atoms with Gasteiger partial charge in [-0.25, -0.2) is 13.2 Å². The number of benzene rings is 2. The second-order valence-electron chi connectivity index (χ2n) is 9.40. The van der Waals surface area contributed by atoms with Gasteiger partial charge in [0.05, 0.1) is 32.5 Å². The fraction of sp³-hybridized carbons (Fsp3) is 0.440. The third kappa shape index (κ3) is 7.34. The number of alkyl halides is 3. The van der Waals surface area contributed by atoms with E-state index < -0.39 is 50.2 Å². The number of carbonyl (C=O) groups excluding carboxylic acids is 1. The van der Waals surface area contributed by atoms with Crippen molar-refractivity contribution in [2.24, 2.45) is 0 Å². The Kier molecular flexibility index (Phi) is 9.39. The zero-order chi connectivity index (χ0) is 29.1. The number of hydrogen-bond donors (Lipinski definition) is 4. The number of likely N-dealkylation sites (tertiary alicyclic amines) is 1. The minimum Gasteiger partial charge on any atom is -0.465 e. The van der Waals surface area contributed by atoms with Crippen LogP contribution in [0.25, 0.3) is 0 Å². The topological polar surface area (TPSA) is 142 Å². The Morgan fingerprint density at radius 1 is 1.26 bits per heavy atom. The highest BCUT2D eigenvalue weighted by molar-refractivity contribution is 7.91. The minimum atomic E-state index is -4.87. The standard InChI is InChI=1S/C25H30ClF3N4O5S/c1-3-39(37,38)20-7-6-14(2)9-15(20)11-31-23(34)17-10-19(25(27,28)29)18(21(26)22(17)30)13-33-8-4-5-16(12-33)32-24(35)36/h6-7,9-10,16,32H,3-5,8,11-13,30H2,1-2H3,(H,31,34)(H,35,36)/t16-/m1/s1. The van der Waals surface area contributed by atoms with Gasteiger partial charge in [0.2, 0.25) is 0 Å². The average Bonchev–Trinajstić information content (AvgIpc) is 2.84. The minimum absolute atomic E-state index is 0.0189. The number of aryl methyl sites for hydroxylation is 1. The van der Waals surface area contributed by atoms with E-state index in [4.69, 9.17) is 22.4 Å². The SMILES string of the molecule is CCS(=O)(=O)c1ccc(C)cc1CNC(=O)c1cc(C(F)(F)F)c(CN2CCC[C@@H](NC(=O)O)C2)c(Cl)c1N. The first-order valence-electron chi connectivity index (χ1n) is 12.1. The summed E-state index contributed by atoms with van der Waals surface area (Å²) in [5.41, 5.74) is 4.78. The first kappa shape index (κ1) is 30.5. The molecule has 5 N–H and O–H groups in total. The van der Waals surface area contributed by atoms with Crippen molar-refractivity contribution in [3.63, 3.8) is 0 Å². The van der Waals surface area contributed by atoms with E-state index in [-0.39, 0.29) is 47.1 Å². The molecule has 9 nitrogen and oxygen atoms in total. The molecular weight excluding hydrogens is 561 g/mol. The number of halogens is 4. The van der Waals surface area contributed by atoms with Crippen molar-refractivity contribution in [3.05, 3.63) is 57.1 Å². The molecule has 0 aliphatic carbocycles. The van der Waals surface area contributed by atoms with Gasteiger partial charge < -0.3 is 21.5 Å². The monoisotopic (exact) mass is 590 g/mol. The summed E-state index contributed by atoms with van der Waals surface area (Å²) in [7, 11) is -3.62. The van der Waals surface area contributed by atoms with Crippen molar-refractivity contribution in [2.45, 2.75) is 56.9 Å². The summed E-state index contributed by atoms with van der Waals surface area (Å²) in [6.07, 6.45) is -4.98. The Hall–Kier alpha value is -3.03. The van der Waals surface area contributed by atoms with Crippen molar-refractivity contribution in [1.82, 2.24) is 15.5 Å². The van der Waals surface area contributed by atoms with Crippen LogP contribution in [0, 0.1) is 6.92 Å². The Labute approximate surface area is 229 Å². The van der Waals surface area contributed by atoms with Gasteiger partial charge in [-0.1, -0.05) is 36.2 Å². The second kappa shape index (κ2) is 12.0. The normalized spacial score (nSPS) is 16.6. The predicted molar refractivity (Wildman–Crippen MR) is 140 cm³/mol. The maximum Gasteiger partial charge on any atom is 0.416 e. The highest BCUT2D eigenvalue weighted by Crippen LogP contribution is 2.40. The van der Waals surface area contributed by atoms with E-state index in [2.05, 4.69) is 10.6 Å². The Morgan fingerprint density at radius 3 is 2.56 bits per heavy atom. The van der Waals surface area contributed by atoms with Crippen LogP contribution in [0.5, 0.6) is 0 Å². The molecule has 0 spiro atoms. The summed E-state index contributed by atoms with van der Waals surface area (Å²) in [5, 5.41) is 13.4. The van der Waals surface area contributed by atoms with Gasteiger partial charge in [0, 0.05) is 25.7 Å². The molecule has 214 valence electrons. The van der Waals surface area contributed by atoms with Crippen LogP contribution >= 0.6 is 11.6 Å². The van der Waals surface area contributed by atoms with Crippen LogP contribution in [0.4, 0.5) is 23.7 Å². The first-order chi connectivity index (χ1) is 18.1. The highest BCUT2D eigenvalue weighted by atomic mass is 35.5. The summed E-state index contributed by atoms with van der Waals surface area (Å²) in [4.78, 5) is 25.6. The number of rotatable bonds is 8. The van der Waals surface area contributed by atoms with Gasteiger partial charge in [0.25, 0.3) is 5.91 Å². The number of carboxylic acid groups (broad SMARTS) is 1. The van der Waals surface area contributed by atoms with E-state index in [0.717, 1.165) is 5.56 Å². The number of nitrogens with two attached hydrogens (primary N) is 1. The number of anilines is 1. The molecule has 2 aromatic carbocycles. The zero-order valence-corrected chi connectivity index (χ0v) is 22.9. The van der Waals surface area contributed by atoms with Gasteiger partial charge >= 0.3 is 12.3 Å². The number of nitrogens with zero attached hydrogens (tertiary/aromatic N) is 1. The van der Waals surface area contributed by atoms with Crippen LogP contribution in [0.3, 0.4) is 0 Å². The Bertz CT molecular complexity index is 1370. The third-order valence-corrected chi connectivity index (χ3v) is 8.80. The molecule has 1 atom stereocenters. The lowest BCUT2D eigenvalue weighted by atomic mass is 9.98. The summed E-state index contributed by atoms with van der Waals surface area (Å²) in [6.45, 7) is 3.31. The number of hydrogen-bond acceptors (Lipinski definition) is 6. The number of piperidine rings is 1. The van der Waals surface area contributed by atoms with Crippen molar-refractivity contribution in [2.75, 3.05) is 24.6 Å². The van der Waals surface area contributed by atoms with Crippen LogP contribution in [-0.2, 0) is 29.1 Å². The van der Waals surface area contributed by atoms with Crippen molar-refractivity contribution >= 4 is 39.1 Å². The molecule has 2 aromatic rings. The predicted octanol–water partition coefficient (Wildman–Crippen LogP) is 4.21. The largest absolute Gasteiger partial charge is 0.465 e. The summed E-state index contributed by atoms with van der Waals surface area (Å²) >= 11 is 6.31. The molecule has 14 heteroatoms. The van der Waals surface area contributed by atoms with E-state index >= 15 is 0 Å². The van der Waals surface area contributed by atoms with E-state index in [1.165, 1.54) is 13.0 Å². The molecule has 0 aromatic heterocycles. The fourth-order valence-corrected chi connectivity index (χ4v) is 5.98. The maximum absolute atomic E-state index is 14.1. The van der Waals surface area contributed by atoms with Crippen molar-refractivity contribution < 1.29 is 36.3 Å². The molecule has 1 saturated heterocycles. The molecule has 3 rings (SSSR count). The van der Waals surface area contributed by atoms with E-state index in [9.17, 15) is 31.2 Å². The van der Waals surface area contributed by atoms with Gasteiger partial charge in [-0.2, -0.15) is 13.2 Å². The molecule has 1 aliphatic heterocycles. The average molecular weight is 591 g/mol. The second-order valence-corrected chi connectivity index (χ2v) is 12.0. The molecule has 1 fully saturated rings. The van der Waals surface area contributed by atoms with Crippen molar-refractivity contribution in [3.8, 4) is 0 Å². The highest BCUT2D eigenvalue weighted by Gasteiger charge is 2.37. The maximum atomic E-state index is 14.1. The Morgan fingerprint density at radius 2 is 1.95 bits per heavy atom. The molecule has 1 aliphatic rings. The van der Waals surface area contributed by atoms with E-state index in [1.807, 2.05) is 0 Å². The molecule has 0 saturated carbocycles. The van der Waals surface area contributed by atoms with E-state index in [1.54, 1.807) is 24.0 Å². The lowest BCUT2D eigenvalue weighted by molar-refractivity contribution is -0.138. The van der Waals surface area contributed by atoms with Gasteiger partial charge in [0.1, 0.15) is 0 Å². The summed E-state index contributed by atoms with van der Waals surface area (Å²) in [6, 6.07) is 4.81.